The topological polar surface area (TPSA) is 54.0 Å². The van der Waals surface area contributed by atoms with Crippen molar-refractivity contribution in [3.63, 3.8) is 0 Å². The lowest BCUT2D eigenvalue weighted by Gasteiger charge is -2.30. The fourth-order valence-electron chi connectivity index (χ4n) is 4.43. The van der Waals surface area contributed by atoms with Crippen LogP contribution in [0.15, 0.2) is 60.2 Å². The zero-order chi connectivity index (χ0) is 24.8. The molecule has 184 valence electrons. The first-order valence-corrected chi connectivity index (χ1v) is 11.8. The van der Waals surface area contributed by atoms with Gasteiger partial charge in [-0.05, 0) is 59.5 Å². The van der Waals surface area contributed by atoms with Crippen molar-refractivity contribution in [2.24, 2.45) is 0 Å². The van der Waals surface area contributed by atoms with Crippen LogP contribution in [0.2, 0.25) is 0 Å². The molecule has 0 aliphatic carbocycles. The van der Waals surface area contributed by atoms with E-state index in [2.05, 4.69) is 21.7 Å². The summed E-state index contributed by atoms with van der Waals surface area (Å²) in [7, 11) is 2.03. The van der Waals surface area contributed by atoms with Gasteiger partial charge in [-0.25, -0.2) is 4.39 Å². The summed E-state index contributed by atoms with van der Waals surface area (Å²) in [5.74, 6) is 0.155. The highest BCUT2D eigenvalue weighted by Crippen LogP contribution is 2.38. The smallest absolute Gasteiger partial charge is 0.211 e. The molecule has 0 atom stereocenters. The minimum absolute atomic E-state index is 0.327. The Morgan fingerprint density at radius 3 is 2.74 bits per heavy atom. The van der Waals surface area contributed by atoms with Gasteiger partial charge < -0.3 is 19.7 Å². The van der Waals surface area contributed by atoms with E-state index in [0.717, 1.165) is 78.6 Å². The quantitative estimate of drug-likeness (QED) is 0.564. The van der Waals surface area contributed by atoms with Crippen LogP contribution in [0.25, 0.3) is 11.6 Å². The van der Waals surface area contributed by atoms with E-state index >= 15 is 0 Å². The number of carbonyl (C=O) groups is 1. The molecule has 35 heavy (non-hydrogen) atoms. The SMILES string of the molecule is C=CC1=C(C)/C(=C\c2ccc(N(C)CCN3CCOCC3)c(NC=O)c2)c2ccc(F)cc2OC1. The normalized spacial score (nSPS) is 17.4. The van der Waals surface area contributed by atoms with E-state index in [1.54, 1.807) is 12.1 Å². The first kappa shape index (κ1) is 24.7. The van der Waals surface area contributed by atoms with Gasteiger partial charge in [0.2, 0.25) is 6.41 Å². The molecule has 1 fully saturated rings. The molecule has 1 amide bonds. The van der Waals surface area contributed by atoms with Crippen molar-refractivity contribution in [2.75, 3.05) is 63.3 Å². The van der Waals surface area contributed by atoms with Crippen LogP contribution in [-0.4, -0.2) is 64.4 Å². The van der Waals surface area contributed by atoms with Gasteiger partial charge in [0.25, 0.3) is 0 Å². The summed E-state index contributed by atoms with van der Waals surface area (Å²) in [6.07, 6.45) is 4.51. The van der Waals surface area contributed by atoms with Crippen LogP contribution in [0.5, 0.6) is 5.75 Å². The Kier molecular flexibility index (Phi) is 8.00. The predicted molar refractivity (Wildman–Crippen MR) is 139 cm³/mol. The van der Waals surface area contributed by atoms with Crippen LogP contribution < -0.4 is 15.0 Å². The summed E-state index contributed by atoms with van der Waals surface area (Å²) in [5.41, 5.74) is 6.29. The molecule has 0 radical (unpaired) electrons. The second-order valence-corrected chi connectivity index (χ2v) is 8.76. The predicted octanol–water partition coefficient (Wildman–Crippen LogP) is 4.60. The molecule has 7 heteroatoms. The van der Waals surface area contributed by atoms with Gasteiger partial charge in [0.15, 0.2) is 0 Å². The molecule has 2 aliphatic rings. The van der Waals surface area contributed by atoms with E-state index in [-0.39, 0.29) is 5.82 Å². The number of nitrogens with one attached hydrogen (secondary N) is 1. The highest BCUT2D eigenvalue weighted by atomic mass is 19.1. The third kappa shape index (κ3) is 5.81. The second kappa shape index (κ2) is 11.3. The molecule has 1 N–H and O–H groups in total. The third-order valence-corrected chi connectivity index (χ3v) is 6.56. The monoisotopic (exact) mass is 477 g/mol. The van der Waals surface area contributed by atoms with Gasteiger partial charge in [0, 0.05) is 44.9 Å². The summed E-state index contributed by atoms with van der Waals surface area (Å²) < 4.78 is 25.2. The second-order valence-electron chi connectivity index (χ2n) is 8.76. The summed E-state index contributed by atoms with van der Waals surface area (Å²) in [4.78, 5) is 15.9. The van der Waals surface area contributed by atoms with Gasteiger partial charge in [-0.3, -0.25) is 9.69 Å². The maximum atomic E-state index is 13.9. The Labute approximate surface area is 206 Å². The molecule has 4 rings (SSSR count). The standard InChI is InChI=1S/C28H32FN3O3/c1-4-22-18-35-28-17-23(29)6-7-24(28)25(20(22)2)15-21-5-8-27(26(16-21)30-19-33)31(3)9-10-32-11-13-34-14-12-32/h4-8,15-17,19H,1,9-14,18H2,2-3H3,(H,30,33)/b25-15+. The van der Waals surface area contributed by atoms with Crippen molar-refractivity contribution in [3.8, 4) is 5.75 Å². The average molecular weight is 478 g/mol. The number of fused-ring (bicyclic) bond motifs is 1. The lowest BCUT2D eigenvalue weighted by Crippen LogP contribution is -2.40. The van der Waals surface area contributed by atoms with Crippen LogP contribution in [0.3, 0.4) is 0 Å². The van der Waals surface area contributed by atoms with Gasteiger partial charge in [0.05, 0.1) is 24.6 Å². The summed E-state index contributed by atoms with van der Waals surface area (Å²) in [6, 6.07) is 10.6. The Hall–Kier alpha value is -3.42. The first-order chi connectivity index (χ1) is 17.0. The number of likely N-dealkylation sites (N-methyl/N-ethyl adjacent to an activating group) is 1. The van der Waals surface area contributed by atoms with Crippen molar-refractivity contribution in [2.45, 2.75) is 6.92 Å². The average Bonchev–Trinajstić information content (AvgIpc) is 2.99. The molecule has 0 bridgehead atoms. The molecule has 0 aromatic heterocycles. The van der Waals surface area contributed by atoms with Crippen LogP contribution in [0.4, 0.5) is 15.8 Å². The van der Waals surface area contributed by atoms with E-state index in [4.69, 9.17) is 9.47 Å². The van der Waals surface area contributed by atoms with Gasteiger partial charge in [-0.2, -0.15) is 0 Å². The van der Waals surface area contributed by atoms with Gasteiger partial charge >= 0.3 is 0 Å². The molecule has 2 aromatic rings. The van der Waals surface area contributed by atoms with Crippen LogP contribution in [-0.2, 0) is 9.53 Å². The van der Waals surface area contributed by atoms with E-state index in [1.165, 1.54) is 12.1 Å². The van der Waals surface area contributed by atoms with E-state index in [9.17, 15) is 9.18 Å². The number of anilines is 2. The lowest BCUT2D eigenvalue weighted by molar-refractivity contribution is -0.105. The Morgan fingerprint density at radius 1 is 1.20 bits per heavy atom. The minimum Gasteiger partial charge on any atom is -0.488 e. The minimum atomic E-state index is -0.343. The zero-order valence-corrected chi connectivity index (χ0v) is 20.4. The van der Waals surface area contributed by atoms with E-state index in [1.807, 2.05) is 38.2 Å². The van der Waals surface area contributed by atoms with Crippen LogP contribution in [0.1, 0.15) is 18.1 Å². The first-order valence-electron chi connectivity index (χ1n) is 11.8. The van der Waals surface area contributed by atoms with Crippen molar-refractivity contribution in [3.05, 3.63) is 77.1 Å². The highest BCUT2D eigenvalue weighted by Gasteiger charge is 2.19. The maximum Gasteiger partial charge on any atom is 0.211 e. The molecule has 2 aliphatic heterocycles. The Bertz CT molecular complexity index is 1150. The lowest BCUT2D eigenvalue weighted by atomic mass is 9.93. The number of ether oxygens (including phenoxy) is 2. The number of amides is 1. The van der Waals surface area contributed by atoms with Crippen molar-refractivity contribution < 1.29 is 18.7 Å². The number of benzene rings is 2. The molecule has 1 saturated heterocycles. The third-order valence-electron chi connectivity index (χ3n) is 6.56. The summed E-state index contributed by atoms with van der Waals surface area (Å²) >= 11 is 0. The van der Waals surface area contributed by atoms with E-state index < -0.39 is 0 Å². The molecule has 2 heterocycles. The van der Waals surface area contributed by atoms with Gasteiger partial charge in [-0.15, -0.1) is 0 Å². The molecule has 0 unspecified atom stereocenters. The number of carbonyl (C=O) groups excluding carboxylic acids is 1. The van der Waals surface area contributed by atoms with E-state index in [0.29, 0.717) is 18.8 Å². The maximum absolute atomic E-state index is 13.9. The largest absolute Gasteiger partial charge is 0.488 e. The molecule has 2 aromatic carbocycles. The number of nitrogens with zero attached hydrogens (tertiary/aromatic N) is 2. The van der Waals surface area contributed by atoms with Crippen molar-refractivity contribution >= 4 is 29.4 Å². The van der Waals surface area contributed by atoms with Gasteiger partial charge in [-0.1, -0.05) is 18.7 Å². The number of halogens is 1. The van der Waals surface area contributed by atoms with Gasteiger partial charge in [0.1, 0.15) is 18.2 Å². The number of morpholine rings is 1. The molecule has 0 spiro atoms. The molecule has 0 saturated carbocycles. The molecule has 6 nitrogen and oxygen atoms in total. The number of rotatable bonds is 8. The number of allylic oxidation sites excluding steroid dienone is 2. The summed E-state index contributed by atoms with van der Waals surface area (Å²) in [6.45, 7) is 11.4. The van der Waals surface area contributed by atoms with Crippen molar-refractivity contribution in [1.82, 2.24) is 4.90 Å². The number of hydrogen-bond acceptors (Lipinski definition) is 5. The Balaban J connectivity index is 1.66. The summed E-state index contributed by atoms with van der Waals surface area (Å²) in [5, 5.41) is 2.86. The van der Waals surface area contributed by atoms with Crippen LogP contribution in [0, 0.1) is 5.82 Å². The fraction of sp³-hybridized carbons (Fsp3) is 0.321. The number of hydrogen-bond donors (Lipinski definition) is 1. The fourth-order valence-corrected chi connectivity index (χ4v) is 4.43. The zero-order valence-electron chi connectivity index (χ0n) is 20.4. The molecular weight excluding hydrogens is 445 g/mol. The Morgan fingerprint density at radius 2 is 2.00 bits per heavy atom. The van der Waals surface area contributed by atoms with Crippen molar-refractivity contribution in [1.29, 1.82) is 0 Å². The highest BCUT2D eigenvalue weighted by molar-refractivity contribution is 5.95. The van der Waals surface area contributed by atoms with Crippen LogP contribution >= 0.6 is 0 Å². The molecular formula is C28H32FN3O3.